The first-order valence-corrected chi connectivity index (χ1v) is 9.52. The van der Waals surface area contributed by atoms with Gasteiger partial charge >= 0.3 is 0 Å². The predicted octanol–water partition coefficient (Wildman–Crippen LogP) is 3.96. The normalized spacial score (nSPS) is 22.6. The van der Waals surface area contributed by atoms with Gasteiger partial charge in [-0.25, -0.2) is 0 Å². The Hall–Kier alpha value is -2.72. The highest BCUT2D eigenvalue weighted by molar-refractivity contribution is 5.59. The zero-order valence-electron chi connectivity index (χ0n) is 15.6. The largest absolute Gasteiger partial charge is 0.390 e. The van der Waals surface area contributed by atoms with Crippen molar-refractivity contribution in [1.82, 2.24) is 10.2 Å². The maximum Gasteiger partial charge on any atom is 0.151 e. The fourth-order valence-corrected chi connectivity index (χ4v) is 3.77. The second-order valence-electron chi connectivity index (χ2n) is 7.58. The molecule has 0 aliphatic carbocycles. The molecule has 4 heteroatoms. The van der Waals surface area contributed by atoms with Crippen molar-refractivity contribution in [1.29, 1.82) is 0 Å². The molecule has 27 heavy (non-hydrogen) atoms. The molecule has 1 saturated heterocycles. The molecule has 0 saturated carbocycles. The molecule has 1 aromatic heterocycles. The molecule has 0 amide bonds. The maximum atomic E-state index is 10.9. The summed E-state index contributed by atoms with van der Waals surface area (Å²) in [6, 6.07) is 24.5. The highest BCUT2D eigenvalue weighted by Crippen LogP contribution is 2.32. The van der Waals surface area contributed by atoms with E-state index in [2.05, 4.69) is 39.4 Å². The van der Waals surface area contributed by atoms with Gasteiger partial charge in [0.2, 0.25) is 0 Å². The lowest BCUT2D eigenvalue weighted by atomic mass is 9.79. The Kier molecular flexibility index (Phi) is 4.90. The van der Waals surface area contributed by atoms with E-state index in [1.54, 1.807) is 0 Å². The van der Waals surface area contributed by atoms with E-state index in [1.807, 2.05) is 55.5 Å². The molecule has 4 nitrogen and oxygen atoms in total. The van der Waals surface area contributed by atoms with Crippen LogP contribution in [0.3, 0.4) is 0 Å². The Morgan fingerprint density at radius 2 is 1.67 bits per heavy atom. The van der Waals surface area contributed by atoms with Crippen LogP contribution in [-0.2, 0) is 6.42 Å². The Morgan fingerprint density at radius 3 is 2.33 bits per heavy atom. The van der Waals surface area contributed by atoms with Crippen LogP contribution in [0.15, 0.2) is 72.8 Å². The summed E-state index contributed by atoms with van der Waals surface area (Å²) >= 11 is 0. The van der Waals surface area contributed by atoms with E-state index in [9.17, 15) is 5.11 Å². The molecule has 1 N–H and O–H groups in total. The van der Waals surface area contributed by atoms with Gasteiger partial charge in [-0.1, -0.05) is 60.7 Å². The summed E-state index contributed by atoms with van der Waals surface area (Å²) in [5.74, 6) is 1.03. The average molecular weight is 359 g/mol. The highest BCUT2D eigenvalue weighted by atomic mass is 16.3. The van der Waals surface area contributed by atoms with Gasteiger partial charge in [0.05, 0.1) is 11.3 Å². The first-order valence-electron chi connectivity index (χ1n) is 9.52. The van der Waals surface area contributed by atoms with Gasteiger partial charge in [-0.3, -0.25) is 0 Å². The highest BCUT2D eigenvalue weighted by Gasteiger charge is 2.38. The number of benzene rings is 2. The molecule has 1 aliphatic heterocycles. The lowest BCUT2D eigenvalue weighted by Crippen LogP contribution is -2.51. The molecule has 2 heterocycles. The number of aliphatic hydroxyl groups is 1. The minimum atomic E-state index is -0.663. The van der Waals surface area contributed by atoms with E-state index < -0.39 is 5.60 Å². The Labute approximate surface area is 160 Å². The van der Waals surface area contributed by atoms with Crippen LogP contribution in [0, 0.1) is 5.92 Å². The van der Waals surface area contributed by atoms with Gasteiger partial charge in [-0.2, -0.15) is 0 Å². The fraction of sp³-hybridized carbons (Fsp3) is 0.304. The molecule has 0 unspecified atom stereocenters. The topological polar surface area (TPSA) is 49.2 Å². The average Bonchev–Trinajstić information content (AvgIpc) is 2.71. The fourth-order valence-electron chi connectivity index (χ4n) is 3.77. The van der Waals surface area contributed by atoms with E-state index in [0.29, 0.717) is 0 Å². The molecule has 0 spiro atoms. The number of hydrogen-bond acceptors (Lipinski definition) is 4. The van der Waals surface area contributed by atoms with Gasteiger partial charge in [0.15, 0.2) is 5.82 Å². The van der Waals surface area contributed by atoms with Gasteiger partial charge in [0.25, 0.3) is 0 Å². The summed E-state index contributed by atoms with van der Waals surface area (Å²) in [6.45, 7) is 3.53. The number of hydrogen-bond donors (Lipinski definition) is 1. The third kappa shape index (κ3) is 4.01. The van der Waals surface area contributed by atoms with Gasteiger partial charge in [0.1, 0.15) is 0 Å². The van der Waals surface area contributed by atoms with Crippen LogP contribution in [0.4, 0.5) is 5.82 Å². The van der Waals surface area contributed by atoms with Crippen molar-refractivity contribution >= 4 is 5.82 Å². The minimum absolute atomic E-state index is 0.157. The van der Waals surface area contributed by atoms with Crippen molar-refractivity contribution in [3.05, 3.63) is 78.4 Å². The number of rotatable bonds is 4. The molecule has 1 aliphatic rings. The summed E-state index contributed by atoms with van der Waals surface area (Å²) in [4.78, 5) is 2.24. The first kappa shape index (κ1) is 17.7. The standard InChI is InChI=1S/C23H25N3O/c1-23(27)14-15-26(17-20(23)16-18-8-4-2-5-9-18)22-13-12-21(24-25-22)19-10-6-3-7-11-19/h2-13,20,27H,14-17H2,1H3/t20-,23+/m0/s1. The van der Waals surface area contributed by atoms with Crippen LogP contribution in [0.1, 0.15) is 18.9 Å². The zero-order chi connectivity index (χ0) is 18.7. The maximum absolute atomic E-state index is 10.9. The lowest BCUT2D eigenvalue weighted by molar-refractivity contribution is -0.0168. The predicted molar refractivity (Wildman–Crippen MR) is 109 cm³/mol. The quantitative estimate of drug-likeness (QED) is 0.766. The van der Waals surface area contributed by atoms with Crippen LogP contribution in [-0.4, -0.2) is 34.0 Å². The third-order valence-corrected chi connectivity index (χ3v) is 5.58. The SMILES string of the molecule is C[C@@]1(O)CCN(c2ccc(-c3ccccc3)nn2)C[C@@H]1Cc1ccccc1. The summed E-state index contributed by atoms with van der Waals surface area (Å²) in [5, 5.41) is 19.8. The van der Waals surface area contributed by atoms with Crippen molar-refractivity contribution in [2.24, 2.45) is 5.92 Å². The van der Waals surface area contributed by atoms with Gasteiger partial charge < -0.3 is 10.0 Å². The second-order valence-corrected chi connectivity index (χ2v) is 7.58. The molecule has 0 bridgehead atoms. The Morgan fingerprint density at radius 1 is 0.963 bits per heavy atom. The van der Waals surface area contributed by atoms with Gasteiger partial charge in [0, 0.05) is 24.6 Å². The van der Waals surface area contributed by atoms with E-state index >= 15 is 0 Å². The van der Waals surface area contributed by atoms with Crippen molar-refractivity contribution in [3.63, 3.8) is 0 Å². The number of piperidine rings is 1. The van der Waals surface area contributed by atoms with Crippen molar-refractivity contribution in [2.45, 2.75) is 25.4 Å². The van der Waals surface area contributed by atoms with Crippen molar-refractivity contribution < 1.29 is 5.11 Å². The molecule has 2 atom stereocenters. The molecular weight excluding hydrogens is 334 g/mol. The monoisotopic (exact) mass is 359 g/mol. The Bertz CT molecular complexity index is 863. The van der Waals surface area contributed by atoms with Crippen molar-refractivity contribution in [2.75, 3.05) is 18.0 Å². The molecule has 0 radical (unpaired) electrons. The first-order chi connectivity index (χ1) is 13.1. The summed E-state index contributed by atoms with van der Waals surface area (Å²) < 4.78 is 0. The van der Waals surface area contributed by atoms with Crippen molar-refractivity contribution in [3.8, 4) is 11.3 Å². The number of anilines is 1. The molecule has 1 fully saturated rings. The lowest BCUT2D eigenvalue weighted by Gasteiger charge is -2.43. The van der Waals surface area contributed by atoms with E-state index in [4.69, 9.17) is 0 Å². The van der Waals surface area contributed by atoms with Crippen LogP contribution < -0.4 is 4.90 Å². The minimum Gasteiger partial charge on any atom is -0.390 e. The molecule has 4 rings (SSSR count). The third-order valence-electron chi connectivity index (χ3n) is 5.58. The summed E-state index contributed by atoms with van der Waals surface area (Å²) in [7, 11) is 0. The smallest absolute Gasteiger partial charge is 0.151 e. The van der Waals surface area contributed by atoms with E-state index in [0.717, 1.165) is 43.0 Å². The van der Waals surface area contributed by atoms with Crippen LogP contribution in [0.25, 0.3) is 11.3 Å². The molecule has 2 aromatic carbocycles. The zero-order valence-corrected chi connectivity index (χ0v) is 15.6. The molecular formula is C23H25N3O. The number of nitrogens with zero attached hydrogens (tertiary/aromatic N) is 3. The number of aromatic nitrogens is 2. The molecule has 138 valence electrons. The van der Waals surface area contributed by atoms with E-state index in [-0.39, 0.29) is 5.92 Å². The van der Waals surface area contributed by atoms with Crippen LogP contribution >= 0.6 is 0 Å². The Balaban J connectivity index is 1.50. The van der Waals surface area contributed by atoms with Gasteiger partial charge in [-0.05, 0) is 37.5 Å². The van der Waals surface area contributed by atoms with E-state index in [1.165, 1.54) is 5.56 Å². The summed E-state index contributed by atoms with van der Waals surface area (Å²) in [6.07, 6.45) is 1.59. The van der Waals surface area contributed by atoms with Gasteiger partial charge in [-0.15, -0.1) is 10.2 Å². The second kappa shape index (κ2) is 7.49. The molecule has 3 aromatic rings. The van der Waals surface area contributed by atoms with Crippen LogP contribution in [0.2, 0.25) is 0 Å². The summed E-state index contributed by atoms with van der Waals surface area (Å²) in [5.41, 5.74) is 2.54. The van der Waals surface area contributed by atoms with Crippen LogP contribution in [0.5, 0.6) is 0 Å².